The number of aliphatic hydroxyl groups is 2. The normalized spacial score (nSPS) is 15.6. The predicted molar refractivity (Wildman–Crippen MR) is 115 cm³/mol. The van der Waals surface area contributed by atoms with Crippen LogP contribution in [0.5, 0.6) is 0 Å². The van der Waals surface area contributed by atoms with Crippen molar-refractivity contribution in [1.29, 1.82) is 0 Å². The summed E-state index contributed by atoms with van der Waals surface area (Å²) in [6.45, 7) is 6.08. The van der Waals surface area contributed by atoms with E-state index in [4.69, 9.17) is 0 Å². The Bertz CT molecular complexity index is 1030. The van der Waals surface area contributed by atoms with E-state index in [0.717, 1.165) is 21.6 Å². The van der Waals surface area contributed by atoms with E-state index in [2.05, 4.69) is 11.1 Å². The van der Waals surface area contributed by atoms with Crippen molar-refractivity contribution in [3.05, 3.63) is 67.4 Å². The molecule has 0 unspecified atom stereocenters. The van der Waals surface area contributed by atoms with Gasteiger partial charge in [0.1, 0.15) is 0 Å². The number of aromatic nitrogens is 2. The van der Waals surface area contributed by atoms with Crippen LogP contribution in [0.1, 0.15) is 36.5 Å². The molecule has 0 fully saturated rings. The molecule has 0 saturated heterocycles. The summed E-state index contributed by atoms with van der Waals surface area (Å²) >= 11 is 1.43. The summed E-state index contributed by atoms with van der Waals surface area (Å²) in [4.78, 5) is 28.6. The van der Waals surface area contributed by atoms with Crippen LogP contribution in [0.2, 0.25) is 0 Å². The zero-order valence-corrected chi connectivity index (χ0v) is 17.9. The summed E-state index contributed by atoms with van der Waals surface area (Å²) in [7, 11) is 0. The molecule has 0 amide bonds. The Balaban J connectivity index is 2.03. The Morgan fingerprint density at radius 1 is 1.14 bits per heavy atom. The molecule has 1 aliphatic rings. The van der Waals surface area contributed by atoms with E-state index in [9.17, 15) is 19.8 Å². The maximum atomic E-state index is 12.7. The monoisotopic (exact) mass is 416 g/mol. The molecular weight excluding hydrogens is 388 g/mol. The van der Waals surface area contributed by atoms with Crippen molar-refractivity contribution in [3.63, 3.8) is 0 Å². The molecule has 2 aromatic rings. The van der Waals surface area contributed by atoms with E-state index in [1.807, 2.05) is 39.0 Å². The van der Waals surface area contributed by atoms with E-state index in [-0.39, 0.29) is 18.8 Å². The average Bonchev–Trinajstić information content (AvgIpc) is 3.08. The third-order valence-electron chi connectivity index (χ3n) is 5.46. The minimum atomic E-state index is -0.560. The van der Waals surface area contributed by atoms with E-state index in [1.54, 1.807) is 4.57 Å². The number of H-pyrrole nitrogens is 1. The number of aromatic amines is 1. The van der Waals surface area contributed by atoms with E-state index in [1.165, 1.54) is 11.8 Å². The molecule has 3 rings (SSSR count). The molecule has 6 nitrogen and oxygen atoms in total. The Labute approximate surface area is 174 Å². The first-order valence-electron chi connectivity index (χ1n) is 9.82. The SMILES string of the molecule is CCc1c(Sc2cc(C)cc(C)c2)n(CC2=CCC(CO)(CO)C2)c(=O)[nH]c1=O. The van der Waals surface area contributed by atoms with Gasteiger partial charge in [0, 0.05) is 22.4 Å². The number of benzene rings is 1. The average molecular weight is 417 g/mol. The maximum absolute atomic E-state index is 12.7. The molecule has 0 aliphatic heterocycles. The van der Waals surface area contributed by atoms with Gasteiger partial charge in [0.25, 0.3) is 5.56 Å². The van der Waals surface area contributed by atoms with Gasteiger partial charge >= 0.3 is 5.69 Å². The lowest BCUT2D eigenvalue weighted by atomic mass is 9.86. The van der Waals surface area contributed by atoms with E-state index < -0.39 is 11.1 Å². The van der Waals surface area contributed by atoms with Crippen molar-refractivity contribution >= 4 is 11.8 Å². The van der Waals surface area contributed by atoms with Gasteiger partial charge in [-0.25, -0.2) is 4.79 Å². The quantitative estimate of drug-likeness (QED) is 0.476. The number of hydrogen-bond acceptors (Lipinski definition) is 5. The summed E-state index contributed by atoms with van der Waals surface area (Å²) in [5.41, 5.74) is 2.47. The van der Waals surface area contributed by atoms with E-state index in [0.29, 0.717) is 36.4 Å². The number of aliphatic hydroxyl groups excluding tert-OH is 2. The van der Waals surface area contributed by atoms with Gasteiger partial charge in [-0.3, -0.25) is 14.3 Å². The molecule has 0 radical (unpaired) electrons. The largest absolute Gasteiger partial charge is 0.396 e. The second-order valence-corrected chi connectivity index (χ2v) is 9.03. The van der Waals surface area contributed by atoms with Gasteiger partial charge in [-0.05, 0) is 56.4 Å². The van der Waals surface area contributed by atoms with Crippen molar-refractivity contribution in [2.75, 3.05) is 13.2 Å². The molecule has 1 aromatic heterocycles. The Kier molecular flexibility index (Phi) is 6.51. The Hall–Kier alpha value is -2.09. The molecule has 7 heteroatoms. The van der Waals surface area contributed by atoms with Crippen LogP contribution in [-0.4, -0.2) is 33.0 Å². The lowest BCUT2D eigenvalue weighted by Gasteiger charge is -2.24. The standard InChI is InChI=1S/C22H28N2O4S/c1-4-18-19(27)23-21(28)24(11-16-5-6-22(10-16,12-25)13-26)20(18)29-17-8-14(2)7-15(3)9-17/h5,7-9,25-26H,4,6,10-13H2,1-3H3,(H,23,27,28). The number of rotatable bonds is 7. The second-order valence-electron chi connectivity index (χ2n) is 7.97. The fourth-order valence-electron chi connectivity index (χ4n) is 3.87. The van der Waals surface area contributed by atoms with Crippen LogP contribution < -0.4 is 11.2 Å². The molecule has 156 valence electrons. The lowest BCUT2D eigenvalue weighted by Crippen LogP contribution is -2.34. The van der Waals surface area contributed by atoms with Crippen molar-refractivity contribution in [2.24, 2.45) is 5.41 Å². The third-order valence-corrected chi connectivity index (χ3v) is 6.60. The molecule has 1 aliphatic carbocycles. The molecule has 1 aromatic carbocycles. The Morgan fingerprint density at radius 2 is 1.79 bits per heavy atom. The number of allylic oxidation sites excluding steroid dienone is 2. The van der Waals surface area contributed by atoms with Crippen molar-refractivity contribution in [3.8, 4) is 0 Å². The molecule has 3 N–H and O–H groups in total. The van der Waals surface area contributed by atoms with Crippen LogP contribution in [0, 0.1) is 19.3 Å². The topological polar surface area (TPSA) is 95.3 Å². The molecular formula is C22H28N2O4S. The first-order chi connectivity index (χ1) is 13.8. The first-order valence-corrected chi connectivity index (χ1v) is 10.6. The highest BCUT2D eigenvalue weighted by Gasteiger charge is 2.33. The van der Waals surface area contributed by atoms with Crippen molar-refractivity contribution in [1.82, 2.24) is 9.55 Å². The van der Waals surface area contributed by atoms with Crippen LogP contribution in [0.4, 0.5) is 0 Å². The van der Waals surface area contributed by atoms with Gasteiger partial charge in [-0.15, -0.1) is 0 Å². The maximum Gasteiger partial charge on any atom is 0.329 e. The zero-order chi connectivity index (χ0) is 21.2. The van der Waals surface area contributed by atoms with Gasteiger partial charge in [0.15, 0.2) is 0 Å². The van der Waals surface area contributed by atoms with Gasteiger partial charge in [-0.1, -0.05) is 36.4 Å². The number of nitrogens with zero attached hydrogens (tertiary/aromatic N) is 1. The smallest absolute Gasteiger partial charge is 0.329 e. The highest BCUT2D eigenvalue weighted by Crippen LogP contribution is 2.38. The summed E-state index contributed by atoms with van der Waals surface area (Å²) in [5.74, 6) is 0. The fraction of sp³-hybridized carbons (Fsp3) is 0.455. The summed E-state index contributed by atoms with van der Waals surface area (Å²) in [6.07, 6.45) is 3.61. The summed E-state index contributed by atoms with van der Waals surface area (Å²) in [6, 6.07) is 6.18. The zero-order valence-electron chi connectivity index (χ0n) is 17.1. The van der Waals surface area contributed by atoms with Crippen LogP contribution >= 0.6 is 11.8 Å². The Morgan fingerprint density at radius 3 is 2.34 bits per heavy atom. The summed E-state index contributed by atoms with van der Waals surface area (Å²) in [5, 5.41) is 20.0. The fourth-order valence-corrected chi connectivity index (χ4v) is 5.20. The molecule has 1 heterocycles. The lowest BCUT2D eigenvalue weighted by molar-refractivity contribution is 0.0636. The highest BCUT2D eigenvalue weighted by atomic mass is 32.2. The number of aryl methyl sites for hydroxylation is 2. The van der Waals surface area contributed by atoms with Gasteiger partial charge in [0.2, 0.25) is 0 Å². The number of hydrogen-bond donors (Lipinski definition) is 3. The first kappa shape index (κ1) is 21.6. The molecule has 0 bridgehead atoms. The molecule has 29 heavy (non-hydrogen) atoms. The minimum absolute atomic E-state index is 0.103. The van der Waals surface area contributed by atoms with Crippen LogP contribution in [-0.2, 0) is 13.0 Å². The number of nitrogens with one attached hydrogen (secondary N) is 1. The second kappa shape index (κ2) is 8.73. The molecule has 0 atom stereocenters. The van der Waals surface area contributed by atoms with Gasteiger partial charge in [0.05, 0.1) is 18.2 Å². The molecule has 0 saturated carbocycles. The van der Waals surface area contributed by atoms with Crippen molar-refractivity contribution < 1.29 is 10.2 Å². The van der Waals surface area contributed by atoms with E-state index >= 15 is 0 Å². The third kappa shape index (κ3) is 4.57. The predicted octanol–water partition coefficient (Wildman–Crippen LogP) is 2.56. The molecule has 0 spiro atoms. The van der Waals surface area contributed by atoms with Crippen LogP contribution in [0.25, 0.3) is 0 Å². The van der Waals surface area contributed by atoms with Crippen LogP contribution in [0.3, 0.4) is 0 Å². The highest BCUT2D eigenvalue weighted by molar-refractivity contribution is 7.99. The minimum Gasteiger partial charge on any atom is -0.396 e. The van der Waals surface area contributed by atoms with Gasteiger partial charge in [-0.2, -0.15) is 0 Å². The van der Waals surface area contributed by atoms with Crippen LogP contribution in [0.15, 0.2) is 49.4 Å². The van der Waals surface area contributed by atoms with Gasteiger partial charge < -0.3 is 10.2 Å². The summed E-state index contributed by atoms with van der Waals surface area (Å²) < 4.78 is 1.61. The van der Waals surface area contributed by atoms with Crippen molar-refractivity contribution in [2.45, 2.75) is 56.5 Å².